The molecule has 2 aromatic carbocycles. The van der Waals surface area contributed by atoms with Crippen LogP contribution < -0.4 is 10.2 Å². The SMILES string of the molecule is O=C1C[C@H](c2ccsc2)c2c(cc(O)c3c(=O)cc(-c4ccccc4)oc23)O1. The minimum Gasteiger partial charge on any atom is -0.507 e. The molecule has 28 heavy (non-hydrogen) atoms. The van der Waals surface area contributed by atoms with Gasteiger partial charge in [-0.1, -0.05) is 30.3 Å². The molecule has 5 rings (SSSR count). The first kappa shape index (κ1) is 16.8. The first-order valence-corrected chi connectivity index (χ1v) is 9.68. The van der Waals surface area contributed by atoms with Gasteiger partial charge in [0.1, 0.15) is 28.2 Å². The first-order chi connectivity index (χ1) is 13.6. The summed E-state index contributed by atoms with van der Waals surface area (Å²) < 4.78 is 11.5. The van der Waals surface area contributed by atoms with Crippen molar-refractivity contribution in [1.29, 1.82) is 0 Å². The third kappa shape index (κ3) is 2.61. The van der Waals surface area contributed by atoms with E-state index in [4.69, 9.17) is 9.15 Å². The van der Waals surface area contributed by atoms with E-state index in [1.807, 2.05) is 47.2 Å². The smallest absolute Gasteiger partial charge is 0.312 e. The molecule has 0 fully saturated rings. The van der Waals surface area contributed by atoms with Gasteiger partial charge in [-0.2, -0.15) is 11.3 Å². The van der Waals surface area contributed by atoms with Crippen LogP contribution in [0.2, 0.25) is 0 Å². The molecule has 138 valence electrons. The fourth-order valence-electron chi connectivity index (χ4n) is 3.66. The lowest BCUT2D eigenvalue weighted by atomic mass is 9.86. The van der Waals surface area contributed by atoms with Crippen LogP contribution in [0, 0.1) is 0 Å². The van der Waals surface area contributed by atoms with E-state index in [1.54, 1.807) is 0 Å². The first-order valence-electron chi connectivity index (χ1n) is 8.73. The fourth-order valence-corrected chi connectivity index (χ4v) is 4.38. The predicted octanol–water partition coefficient (Wildman–Crippen LogP) is 4.67. The lowest BCUT2D eigenvalue weighted by Crippen LogP contribution is -2.21. The molecule has 2 aromatic heterocycles. The van der Waals surface area contributed by atoms with Gasteiger partial charge in [0, 0.05) is 29.2 Å². The number of thiophene rings is 1. The zero-order valence-corrected chi connectivity index (χ0v) is 15.4. The molecule has 3 heterocycles. The quantitative estimate of drug-likeness (QED) is 0.398. The summed E-state index contributed by atoms with van der Waals surface area (Å²) in [5.74, 6) is -0.331. The van der Waals surface area contributed by atoms with Gasteiger partial charge in [0.25, 0.3) is 0 Å². The molecule has 0 amide bonds. The van der Waals surface area contributed by atoms with Crippen LogP contribution in [0.15, 0.2) is 68.5 Å². The minimum atomic E-state index is -0.385. The van der Waals surface area contributed by atoms with Crippen molar-refractivity contribution in [3.05, 3.63) is 80.6 Å². The Hall–Kier alpha value is -3.38. The number of hydrogen-bond acceptors (Lipinski definition) is 6. The van der Waals surface area contributed by atoms with E-state index >= 15 is 0 Å². The number of rotatable bonds is 2. The molecule has 0 bridgehead atoms. The summed E-state index contributed by atoms with van der Waals surface area (Å²) in [6, 6.07) is 13.9. The Morgan fingerprint density at radius 3 is 2.64 bits per heavy atom. The second kappa shape index (κ2) is 6.35. The summed E-state index contributed by atoms with van der Waals surface area (Å²) in [5, 5.41) is 14.4. The molecule has 5 nitrogen and oxygen atoms in total. The maximum Gasteiger partial charge on any atom is 0.312 e. The van der Waals surface area contributed by atoms with E-state index < -0.39 is 0 Å². The summed E-state index contributed by atoms with van der Waals surface area (Å²) in [6.45, 7) is 0. The van der Waals surface area contributed by atoms with Crippen molar-refractivity contribution in [3.8, 4) is 22.8 Å². The average molecular weight is 390 g/mol. The van der Waals surface area contributed by atoms with Crippen LogP contribution in [-0.4, -0.2) is 11.1 Å². The van der Waals surface area contributed by atoms with Gasteiger partial charge in [0.05, 0.1) is 6.42 Å². The molecule has 6 heteroatoms. The van der Waals surface area contributed by atoms with E-state index in [2.05, 4.69) is 0 Å². The molecule has 0 aliphatic carbocycles. The molecule has 1 aliphatic heterocycles. The van der Waals surface area contributed by atoms with Crippen LogP contribution >= 0.6 is 11.3 Å². The van der Waals surface area contributed by atoms with Gasteiger partial charge in [-0.15, -0.1) is 0 Å². The van der Waals surface area contributed by atoms with Crippen molar-refractivity contribution in [2.75, 3.05) is 0 Å². The number of carbonyl (C=O) groups is 1. The van der Waals surface area contributed by atoms with E-state index in [9.17, 15) is 14.7 Å². The van der Waals surface area contributed by atoms with Crippen molar-refractivity contribution in [3.63, 3.8) is 0 Å². The standard InChI is InChI=1S/C22H14O5S/c23-15-9-17(12-4-2-1-3-5-12)27-22-20-14(13-6-7-28-11-13)8-19(25)26-18(20)10-16(24)21(15)22/h1-7,9-11,14,24H,8H2/t14-/m1/s1. The molecule has 0 unspecified atom stereocenters. The molecule has 0 spiro atoms. The highest BCUT2D eigenvalue weighted by molar-refractivity contribution is 7.08. The van der Waals surface area contributed by atoms with Crippen LogP contribution in [0.25, 0.3) is 22.3 Å². The zero-order valence-electron chi connectivity index (χ0n) is 14.5. The summed E-state index contributed by atoms with van der Waals surface area (Å²) in [6.07, 6.45) is 0.142. The lowest BCUT2D eigenvalue weighted by Gasteiger charge is -2.25. The Kier molecular flexibility index (Phi) is 3.80. The lowest BCUT2D eigenvalue weighted by molar-refractivity contribution is -0.135. The van der Waals surface area contributed by atoms with Gasteiger partial charge in [0.2, 0.25) is 0 Å². The second-order valence-electron chi connectivity index (χ2n) is 6.64. The van der Waals surface area contributed by atoms with E-state index in [0.29, 0.717) is 11.3 Å². The molecule has 1 N–H and O–H groups in total. The third-order valence-corrected chi connectivity index (χ3v) is 5.63. The van der Waals surface area contributed by atoms with Crippen LogP contribution in [-0.2, 0) is 4.79 Å². The van der Waals surface area contributed by atoms with Crippen molar-refractivity contribution in [1.82, 2.24) is 0 Å². The monoisotopic (exact) mass is 390 g/mol. The number of fused-ring (bicyclic) bond motifs is 3. The highest BCUT2D eigenvalue weighted by atomic mass is 32.1. The van der Waals surface area contributed by atoms with Crippen LogP contribution in [0.1, 0.15) is 23.5 Å². The molecular formula is C22H14O5S. The normalized spacial score (nSPS) is 16.0. The Bertz CT molecular complexity index is 1260. The average Bonchev–Trinajstić information content (AvgIpc) is 3.22. The predicted molar refractivity (Wildman–Crippen MR) is 106 cm³/mol. The molecular weight excluding hydrogens is 376 g/mol. The maximum atomic E-state index is 12.8. The van der Waals surface area contributed by atoms with Crippen molar-refractivity contribution >= 4 is 28.3 Å². The van der Waals surface area contributed by atoms with Gasteiger partial charge >= 0.3 is 5.97 Å². The Labute approximate surface area is 163 Å². The summed E-state index contributed by atoms with van der Waals surface area (Å²) in [7, 11) is 0. The van der Waals surface area contributed by atoms with E-state index in [0.717, 1.165) is 11.1 Å². The number of benzene rings is 2. The van der Waals surface area contributed by atoms with Gasteiger partial charge in [-0.05, 0) is 22.4 Å². The number of phenolic OH excluding ortho intramolecular Hbond substituents is 1. The highest BCUT2D eigenvalue weighted by Gasteiger charge is 2.33. The summed E-state index contributed by atoms with van der Waals surface area (Å²) in [4.78, 5) is 25.0. The van der Waals surface area contributed by atoms with Gasteiger partial charge < -0.3 is 14.3 Å². The fraction of sp³-hybridized carbons (Fsp3) is 0.0909. The van der Waals surface area contributed by atoms with Gasteiger partial charge in [-0.25, -0.2) is 0 Å². The Morgan fingerprint density at radius 1 is 1.07 bits per heavy atom. The number of carbonyl (C=O) groups excluding carboxylic acids is 1. The molecule has 0 saturated carbocycles. The topological polar surface area (TPSA) is 76.7 Å². The molecule has 1 aliphatic rings. The largest absolute Gasteiger partial charge is 0.507 e. The van der Waals surface area contributed by atoms with Crippen molar-refractivity contribution in [2.45, 2.75) is 12.3 Å². The number of ether oxygens (including phenoxy) is 1. The van der Waals surface area contributed by atoms with E-state index in [-0.39, 0.29) is 46.2 Å². The Morgan fingerprint density at radius 2 is 1.89 bits per heavy atom. The summed E-state index contributed by atoms with van der Waals surface area (Å²) >= 11 is 1.53. The molecule has 1 atom stereocenters. The third-order valence-electron chi connectivity index (χ3n) is 4.93. The van der Waals surface area contributed by atoms with Crippen LogP contribution in [0.3, 0.4) is 0 Å². The van der Waals surface area contributed by atoms with Gasteiger partial charge in [-0.3, -0.25) is 9.59 Å². The van der Waals surface area contributed by atoms with Crippen LogP contribution in [0.5, 0.6) is 11.5 Å². The maximum absolute atomic E-state index is 12.8. The number of aromatic hydroxyl groups is 1. The van der Waals surface area contributed by atoms with Crippen LogP contribution in [0.4, 0.5) is 0 Å². The minimum absolute atomic E-state index is 0.0941. The Balaban J connectivity index is 1.86. The van der Waals surface area contributed by atoms with Crippen molar-refractivity contribution < 1.29 is 19.1 Å². The molecule has 0 radical (unpaired) electrons. The van der Waals surface area contributed by atoms with Gasteiger partial charge in [0.15, 0.2) is 5.43 Å². The number of phenols is 1. The van der Waals surface area contributed by atoms with Crippen molar-refractivity contribution in [2.24, 2.45) is 0 Å². The number of esters is 1. The van der Waals surface area contributed by atoms with E-state index in [1.165, 1.54) is 23.5 Å². The molecule has 4 aromatic rings. The molecule has 0 saturated heterocycles. The number of hydrogen-bond donors (Lipinski definition) is 1. The zero-order chi connectivity index (χ0) is 19.3. The summed E-state index contributed by atoms with van der Waals surface area (Å²) in [5.41, 5.74) is 2.22. The second-order valence-corrected chi connectivity index (χ2v) is 7.42. The highest BCUT2D eigenvalue weighted by Crippen LogP contribution is 2.46.